The van der Waals surface area contributed by atoms with E-state index in [2.05, 4.69) is 24.9 Å². The van der Waals surface area contributed by atoms with Crippen molar-refractivity contribution in [1.29, 1.82) is 0 Å². The van der Waals surface area contributed by atoms with Gasteiger partial charge in [0.2, 0.25) is 5.91 Å². The zero-order chi connectivity index (χ0) is 15.0. The van der Waals surface area contributed by atoms with Crippen LogP contribution in [0.3, 0.4) is 0 Å². The van der Waals surface area contributed by atoms with E-state index in [-0.39, 0.29) is 5.91 Å². The lowest BCUT2D eigenvalue weighted by atomic mass is 10.0. The molecule has 0 aliphatic carbocycles. The maximum atomic E-state index is 12.6. The summed E-state index contributed by atoms with van der Waals surface area (Å²) in [7, 11) is 0. The van der Waals surface area contributed by atoms with Crippen LogP contribution in [0.15, 0.2) is 30.5 Å². The lowest BCUT2D eigenvalue weighted by Crippen LogP contribution is -2.46. The number of para-hydroxylation sites is 1. The Hall–Kier alpha value is -1.81. The minimum Gasteiger partial charge on any atom is -0.361 e. The molecule has 1 fully saturated rings. The fourth-order valence-corrected chi connectivity index (χ4v) is 3.44. The summed E-state index contributed by atoms with van der Waals surface area (Å²) in [5.74, 6) is 0.654. The Balaban J connectivity index is 1.74. The van der Waals surface area contributed by atoms with Crippen molar-refractivity contribution in [1.82, 2.24) is 9.88 Å². The van der Waals surface area contributed by atoms with Crippen LogP contribution in [0.1, 0.15) is 25.8 Å². The molecule has 0 spiro atoms. The number of fused-ring (bicyclic) bond motifs is 1. The molecule has 1 aliphatic heterocycles. The summed E-state index contributed by atoms with van der Waals surface area (Å²) in [5, 5.41) is 1.16. The van der Waals surface area contributed by atoms with Gasteiger partial charge in [-0.1, -0.05) is 25.1 Å². The Morgan fingerprint density at radius 1 is 1.43 bits per heavy atom. The first-order valence-electron chi connectivity index (χ1n) is 7.67. The van der Waals surface area contributed by atoms with E-state index in [1.165, 1.54) is 0 Å². The van der Waals surface area contributed by atoms with Gasteiger partial charge in [0.1, 0.15) is 0 Å². The number of hydrogen-bond donors (Lipinski definition) is 2. The highest BCUT2D eigenvalue weighted by Gasteiger charge is 2.32. The van der Waals surface area contributed by atoms with Gasteiger partial charge >= 0.3 is 0 Å². The molecular formula is C17H23N3O. The van der Waals surface area contributed by atoms with Crippen LogP contribution in [0, 0.1) is 5.92 Å². The first-order valence-corrected chi connectivity index (χ1v) is 7.67. The normalized spacial score (nSPS) is 23.7. The molecule has 0 saturated carbocycles. The molecule has 2 aromatic rings. The number of aromatic amines is 1. The average Bonchev–Trinajstić information content (AvgIpc) is 3.02. The first-order chi connectivity index (χ1) is 10.1. The second-order valence-electron chi connectivity index (χ2n) is 6.35. The summed E-state index contributed by atoms with van der Waals surface area (Å²) < 4.78 is 0. The number of carbonyl (C=O) groups excluding carboxylic acids is 1. The molecule has 1 saturated heterocycles. The predicted molar refractivity (Wildman–Crippen MR) is 84.9 cm³/mol. The van der Waals surface area contributed by atoms with Crippen LogP contribution >= 0.6 is 0 Å². The van der Waals surface area contributed by atoms with Gasteiger partial charge < -0.3 is 15.6 Å². The van der Waals surface area contributed by atoms with Gasteiger partial charge in [0, 0.05) is 29.7 Å². The van der Waals surface area contributed by atoms with Crippen molar-refractivity contribution in [2.45, 2.75) is 38.8 Å². The van der Waals surface area contributed by atoms with E-state index in [0.717, 1.165) is 29.4 Å². The van der Waals surface area contributed by atoms with Gasteiger partial charge in [-0.2, -0.15) is 0 Å². The molecule has 3 rings (SSSR count). The molecule has 4 nitrogen and oxygen atoms in total. The predicted octanol–water partition coefficient (Wildman–Crippen LogP) is 2.29. The van der Waals surface area contributed by atoms with Gasteiger partial charge in [-0.3, -0.25) is 4.79 Å². The Kier molecular flexibility index (Phi) is 3.72. The number of nitrogens with zero attached hydrogens (tertiary/aromatic N) is 1. The van der Waals surface area contributed by atoms with Gasteiger partial charge in [0.05, 0.1) is 6.04 Å². The van der Waals surface area contributed by atoms with Gasteiger partial charge in [0.25, 0.3) is 0 Å². The van der Waals surface area contributed by atoms with Crippen molar-refractivity contribution in [3.63, 3.8) is 0 Å². The maximum Gasteiger partial charge on any atom is 0.240 e. The highest BCUT2D eigenvalue weighted by molar-refractivity contribution is 5.86. The van der Waals surface area contributed by atoms with Crippen molar-refractivity contribution in [2.24, 2.45) is 11.7 Å². The summed E-state index contributed by atoms with van der Waals surface area (Å²) in [5.41, 5.74) is 8.39. The van der Waals surface area contributed by atoms with Crippen LogP contribution in [0.2, 0.25) is 0 Å². The summed E-state index contributed by atoms with van der Waals surface area (Å²) in [4.78, 5) is 17.7. The highest BCUT2D eigenvalue weighted by Crippen LogP contribution is 2.24. The van der Waals surface area contributed by atoms with E-state index in [9.17, 15) is 4.79 Å². The van der Waals surface area contributed by atoms with Gasteiger partial charge in [-0.15, -0.1) is 0 Å². The third-order valence-electron chi connectivity index (χ3n) is 4.50. The number of nitrogens with one attached hydrogen (secondary N) is 1. The van der Waals surface area contributed by atoms with Crippen molar-refractivity contribution < 1.29 is 4.79 Å². The smallest absolute Gasteiger partial charge is 0.240 e. The molecule has 3 atom stereocenters. The summed E-state index contributed by atoms with van der Waals surface area (Å²) in [6, 6.07) is 7.96. The highest BCUT2D eigenvalue weighted by atomic mass is 16.2. The minimum atomic E-state index is -0.461. The zero-order valence-electron chi connectivity index (χ0n) is 12.7. The van der Waals surface area contributed by atoms with Crippen LogP contribution < -0.4 is 5.73 Å². The number of carbonyl (C=O) groups is 1. The topological polar surface area (TPSA) is 62.1 Å². The third kappa shape index (κ3) is 2.68. The van der Waals surface area contributed by atoms with Crippen LogP contribution in [0.25, 0.3) is 10.9 Å². The molecule has 2 heterocycles. The average molecular weight is 285 g/mol. The number of aromatic nitrogens is 1. The number of H-pyrrole nitrogens is 1. The van der Waals surface area contributed by atoms with E-state index in [1.807, 2.05) is 29.3 Å². The van der Waals surface area contributed by atoms with Crippen LogP contribution in [-0.4, -0.2) is 34.4 Å². The monoisotopic (exact) mass is 285 g/mol. The lowest BCUT2D eigenvalue weighted by Gasteiger charge is -2.25. The second kappa shape index (κ2) is 5.53. The summed E-state index contributed by atoms with van der Waals surface area (Å²) >= 11 is 0. The number of amides is 1. The molecule has 0 radical (unpaired) electrons. The molecule has 2 unspecified atom stereocenters. The van der Waals surface area contributed by atoms with Gasteiger partial charge in [-0.25, -0.2) is 0 Å². The lowest BCUT2D eigenvalue weighted by molar-refractivity contribution is -0.133. The number of hydrogen-bond acceptors (Lipinski definition) is 2. The summed E-state index contributed by atoms with van der Waals surface area (Å²) in [6.07, 6.45) is 3.62. The number of benzene rings is 1. The van der Waals surface area contributed by atoms with Crippen molar-refractivity contribution in [3.05, 3.63) is 36.0 Å². The van der Waals surface area contributed by atoms with Crippen molar-refractivity contribution in [3.8, 4) is 0 Å². The van der Waals surface area contributed by atoms with Crippen LogP contribution in [-0.2, 0) is 11.2 Å². The molecule has 112 valence electrons. The van der Waals surface area contributed by atoms with Crippen LogP contribution in [0.5, 0.6) is 0 Å². The maximum absolute atomic E-state index is 12.6. The minimum absolute atomic E-state index is 0.0807. The summed E-state index contributed by atoms with van der Waals surface area (Å²) in [6.45, 7) is 5.14. The molecule has 4 heteroatoms. The van der Waals surface area contributed by atoms with Crippen molar-refractivity contribution in [2.75, 3.05) is 6.54 Å². The number of rotatable bonds is 3. The van der Waals surface area contributed by atoms with E-state index >= 15 is 0 Å². The van der Waals surface area contributed by atoms with Gasteiger partial charge in [-0.05, 0) is 37.3 Å². The SMILES string of the molecule is CC1CC(C)N(C(=O)[C@@H](N)Cc2c[nH]c3ccccc23)C1. The Bertz CT molecular complexity index is 648. The largest absolute Gasteiger partial charge is 0.361 e. The molecule has 1 amide bonds. The van der Waals surface area contributed by atoms with E-state index in [1.54, 1.807) is 0 Å². The van der Waals surface area contributed by atoms with E-state index in [4.69, 9.17) is 5.73 Å². The third-order valence-corrected chi connectivity index (χ3v) is 4.50. The van der Waals surface area contributed by atoms with Gasteiger partial charge in [0.15, 0.2) is 0 Å². The number of likely N-dealkylation sites (tertiary alicyclic amines) is 1. The fraction of sp³-hybridized carbons (Fsp3) is 0.471. The molecule has 21 heavy (non-hydrogen) atoms. The fourth-order valence-electron chi connectivity index (χ4n) is 3.44. The Morgan fingerprint density at radius 3 is 2.90 bits per heavy atom. The van der Waals surface area contributed by atoms with Crippen LogP contribution in [0.4, 0.5) is 0 Å². The Labute approximate surface area is 125 Å². The second-order valence-corrected chi connectivity index (χ2v) is 6.35. The molecule has 1 aromatic carbocycles. The molecule has 3 N–H and O–H groups in total. The van der Waals surface area contributed by atoms with E-state index in [0.29, 0.717) is 18.4 Å². The molecular weight excluding hydrogens is 262 g/mol. The zero-order valence-corrected chi connectivity index (χ0v) is 12.7. The molecule has 1 aliphatic rings. The van der Waals surface area contributed by atoms with Crippen molar-refractivity contribution >= 4 is 16.8 Å². The Morgan fingerprint density at radius 2 is 2.19 bits per heavy atom. The first kappa shape index (κ1) is 14.1. The quantitative estimate of drug-likeness (QED) is 0.909. The molecule has 1 aromatic heterocycles. The molecule has 0 bridgehead atoms. The van der Waals surface area contributed by atoms with E-state index < -0.39 is 6.04 Å². The standard InChI is InChI=1S/C17H23N3O/c1-11-7-12(2)20(10-11)17(21)15(18)8-13-9-19-16-6-4-3-5-14(13)16/h3-6,9,11-12,15,19H,7-8,10,18H2,1-2H3/t11?,12?,15-/m0/s1. The number of nitrogens with two attached hydrogens (primary N) is 1.